The van der Waals surface area contributed by atoms with Crippen LogP contribution in [0.25, 0.3) is 0 Å². The molecule has 0 fully saturated rings. The van der Waals surface area contributed by atoms with Gasteiger partial charge in [-0.05, 0) is 41.6 Å². The van der Waals surface area contributed by atoms with Crippen molar-refractivity contribution in [2.45, 2.75) is 19.4 Å². The van der Waals surface area contributed by atoms with Gasteiger partial charge >= 0.3 is 0 Å². The summed E-state index contributed by atoms with van der Waals surface area (Å²) in [5.74, 6) is -1.15. The van der Waals surface area contributed by atoms with Gasteiger partial charge in [-0.3, -0.25) is 14.4 Å². The second-order valence-corrected chi connectivity index (χ2v) is 8.23. The lowest BCUT2D eigenvalue weighted by molar-refractivity contribution is -0.125. The molecule has 1 atom stereocenters. The lowest BCUT2D eigenvalue weighted by Gasteiger charge is -2.18. The summed E-state index contributed by atoms with van der Waals surface area (Å²) in [6.45, 7) is 1.57. The Hall–Kier alpha value is -3.16. The molecule has 1 aromatic heterocycles. The highest BCUT2D eigenvalue weighted by Gasteiger charge is 2.23. The number of rotatable bonds is 8. The first kappa shape index (κ1) is 22.5. The SMILES string of the molecule is Cc1c(Cl)cccc1NC(=O)CNC(=O)[C@@H](Cc1ccccc1)NC(=O)c1cccs1. The molecule has 0 saturated heterocycles. The Kier molecular flexibility index (Phi) is 7.81. The van der Waals surface area contributed by atoms with Crippen molar-refractivity contribution in [3.05, 3.63) is 87.1 Å². The zero-order chi connectivity index (χ0) is 22.2. The fraction of sp³-hybridized carbons (Fsp3) is 0.174. The third kappa shape index (κ3) is 6.41. The Bertz CT molecular complexity index is 1060. The third-order valence-electron chi connectivity index (χ3n) is 4.61. The molecule has 8 heteroatoms. The van der Waals surface area contributed by atoms with Crippen LogP contribution in [0.1, 0.15) is 20.8 Å². The van der Waals surface area contributed by atoms with Crippen LogP contribution in [-0.4, -0.2) is 30.3 Å². The Labute approximate surface area is 189 Å². The van der Waals surface area contributed by atoms with Crippen molar-refractivity contribution in [3.8, 4) is 0 Å². The Morgan fingerprint density at radius 3 is 2.48 bits per heavy atom. The number of benzene rings is 2. The normalized spacial score (nSPS) is 11.4. The zero-order valence-electron chi connectivity index (χ0n) is 16.9. The van der Waals surface area contributed by atoms with E-state index in [1.165, 1.54) is 11.3 Å². The average Bonchev–Trinajstić information content (AvgIpc) is 3.31. The van der Waals surface area contributed by atoms with E-state index < -0.39 is 11.9 Å². The average molecular weight is 456 g/mol. The minimum Gasteiger partial charge on any atom is -0.345 e. The predicted octanol–water partition coefficient (Wildman–Crippen LogP) is 3.81. The highest BCUT2D eigenvalue weighted by atomic mass is 35.5. The molecule has 0 saturated carbocycles. The first-order valence-corrected chi connectivity index (χ1v) is 10.9. The second kappa shape index (κ2) is 10.7. The largest absolute Gasteiger partial charge is 0.345 e. The van der Waals surface area contributed by atoms with E-state index in [-0.39, 0.29) is 18.4 Å². The van der Waals surface area contributed by atoms with E-state index in [0.717, 1.165) is 11.1 Å². The molecular weight excluding hydrogens is 434 g/mol. The van der Waals surface area contributed by atoms with Crippen LogP contribution in [0.5, 0.6) is 0 Å². The molecule has 31 heavy (non-hydrogen) atoms. The van der Waals surface area contributed by atoms with Crippen LogP contribution < -0.4 is 16.0 Å². The first-order chi connectivity index (χ1) is 14.9. The van der Waals surface area contributed by atoms with Crippen LogP contribution in [0.3, 0.4) is 0 Å². The molecule has 3 N–H and O–H groups in total. The van der Waals surface area contributed by atoms with E-state index in [1.54, 1.807) is 42.6 Å². The maximum absolute atomic E-state index is 12.8. The van der Waals surface area contributed by atoms with E-state index in [1.807, 2.05) is 30.3 Å². The van der Waals surface area contributed by atoms with Crippen LogP contribution in [-0.2, 0) is 16.0 Å². The number of nitrogens with one attached hydrogen (secondary N) is 3. The smallest absolute Gasteiger partial charge is 0.262 e. The molecular formula is C23H22ClN3O3S. The number of hydrogen-bond donors (Lipinski definition) is 3. The number of thiophene rings is 1. The van der Waals surface area contributed by atoms with Gasteiger partial charge in [0.2, 0.25) is 11.8 Å². The lowest BCUT2D eigenvalue weighted by Crippen LogP contribution is -2.49. The molecule has 3 amide bonds. The zero-order valence-corrected chi connectivity index (χ0v) is 18.4. The standard InChI is InChI=1S/C23H22ClN3O3S/c1-15-17(24)9-5-10-18(15)26-21(28)14-25-22(29)19(13-16-7-3-2-4-8-16)27-23(30)20-11-6-12-31-20/h2-12,19H,13-14H2,1H3,(H,25,29)(H,26,28)(H,27,30)/t19-/m1/s1. The van der Waals surface area contributed by atoms with Gasteiger partial charge in [-0.2, -0.15) is 0 Å². The molecule has 0 spiro atoms. The van der Waals surface area contributed by atoms with Gasteiger partial charge in [-0.1, -0.05) is 54.1 Å². The topological polar surface area (TPSA) is 87.3 Å². The Morgan fingerprint density at radius 1 is 1.00 bits per heavy atom. The fourth-order valence-corrected chi connectivity index (χ4v) is 3.73. The van der Waals surface area contributed by atoms with Gasteiger partial charge in [0.25, 0.3) is 5.91 Å². The molecule has 0 aliphatic carbocycles. The molecule has 6 nitrogen and oxygen atoms in total. The Balaban J connectivity index is 1.63. The van der Waals surface area contributed by atoms with Gasteiger partial charge in [0, 0.05) is 17.1 Å². The van der Waals surface area contributed by atoms with Gasteiger partial charge in [0.05, 0.1) is 11.4 Å². The number of amides is 3. The van der Waals surface area contributed by atoms with Gasteiger partial charge in [-0.15, -0.1) is 11.3 Å². The molecule has 0 radical (unpaired) electrons. The molecule has 0 bridgehead atoms. The van der Waals surface area contributed by atoms with E-state index in [0.29, 0.717) is 22.0 Å². The highest BCUT2D eigenvalue weighted by molar-refractivity contribution is 7.12. The number of anilines is 1. The van der Waals surface area contributed by atoms with Gasteiger partial charge in [0.1, 0.15) is 6.04 Å². The van der Waals surface area contributed by atoms with Crippen LogP contribution in [0.15, 0.2) is 66.0 Å². The summed E-state index contributed by atoms with van der Waals surface area (Å²) in [6.07, 6.45) is 0.304. The van der Waals surface area contributed by atoms with Crippen molar-refractivity contribution in [2.75, 3.05) is 11.9 Å². The summed E-state index contributed by atoms with van der Waals surface area (Å²) in [7, 11) is 0. The van der Waals surface area contributed by atoms with Crippen molar-refractivity contribution in [1.82, 2.24) is 10.6 Å². The maximum Gasteiger partial charge on any atom is 0.262 e. The maximum atomic E-state index is 12.8. The van der Waals surface area contributed by atoms with Crippen molar-refractivity contribution < 1.29 is 14.4 Å². The number of halogens is 1. The molecule has 3 aromatic rings. The summed E-state index contributed by atoms with van der Waals surface area (Å²) in [6, 6.07) is 17.2. The predicted molar refractivity (Wildman–Crippen MR) is 124 cm³/mol. The molecule has 0 aliphatic heterocycles. The second-order valence-electron chi connectivity index (χ2n) is 6.87. The molecule has 3 rings (SSSR count). The minimum atomic E-state index is -0.822. The van der Waals surface area contributed by atoms with Gasteiger partial charge < -0.3 is 16.0 Å². The quantitative estimate of drug-likeness (QED) is 0.482. The van der Waals surface area contributed by atoms with E-state index in [9.17, 15) is 14.4 Å². The van der Waals surface area contributed by atoms with E-state index in [4.69, 9.17) is 11.6 Å². The monoisotopic (exact) mass is 455 g/mol. The molecule has 2 aromatic carbocycles. The van der Waals surface area contributed by atoms with Gasteiger partial charge in [-0.25, -0.2) is 0 Å². The summed E-state index contributed by atoms with van der Waals surface area (Å²) >= 11 is 7.37. The molecule has 160 valence electrons. The van der Waals surface area contributed by atoms with Crippen LogP contribution in [0.2, 0.25) is 5.02 Å². The number of carbonyl (C=O) groups is 3. The third-order valence-corrected chi connectivity index (χ3v) is 5.89. The highest BCUT2D eigenvalue weighted by Crippen LogP contribution is 2.22. The number of hydrogen-bond acceptors (Lipinski definition) is 4. The summed E-state index contributed by atoms with van der Waals surface area (Å²) in [4.78, 5) is 38.1. The molecule has 0 unspecified atom stereocenters. The van der Waals surface area contributed by atoms with Gasteiger partial charge in [0.15, 0.2) is 0 Å². The van der Waals surface area contributed by atoms with Crippen LogP contribution in [0.4, 0.5) is 5.69 Å². The Morgan fingerprint density at radius 2 is 1.77 bits per heavy atom. The van der Waals surface area contributed by atoms with E-state index >= 15 is 0 Å². The van der Waals surface area contributed by atoms with Crippen molar-refractivity contribution in [3.63, 3.8) is 0 Å². The van der Waals surface area contributed by atoms with Crippen molar-refractivity contribution >= 4 is 46.3 Å². The minimum absolute atomic E-state index is 0.231. The number of carbonyl (C=O) groups excluding carboxylic acids is 3. The van der Waals surface area contributed by atoms with E-state index in [2.05, 4.69) is 16.0 Å². The van der Waals surface area contributed by atoms with Crippen LogP contribution in [0, 0.1) is 6.92 Å². The van der Waals surface area contributed by atoms with Crippen molar-refractivity contribution in [2.24, 2.45) is 0 Å². The molecule has 1 heterocycles. The summed E-state index contributed by atoms with van der Waals surface area (Å²) < 4.78 is 0. The summed E-state index contributed by atoms with van der Waals surface area (Å²) in [5.41, 5.74) is 2.22. The first-order valence-electron chi connectivity index (χ1n) is 9.65. The van der Waals surface area contributed by atoms with Crippen LogP contribution >= 0.6 is 22.9 Å². The summed E-state index contributed by atoms with van der Waals surface area (Å²) in [5, 5.41) is 10.5. The fourth-order valence-electron chi connectivity index (χ4n) is 2.92. The van der Waals surface area contributed by atoms with Crippen molar-refractivity contribution in [1.29, 1.82) is 0 Å². The molecule has 0 aliphatic rings. The lowest BCUT2D eigenvalue weighted by atomic mass is 10.1.